The van der Waals surface area contributed by atoms with Gasteiger partial charge in [0.1, 0.15) is 0 Å². The maximum absolute atomic E-state index is 5.53. The fraction of sp³-hybridized carbons (Fsp3) is 0.538. The molecule has 0 saturated carbocycles. The van der Waals surface area contributed by atoms with Crippen LogP contribution in [-0.4, -0.2) is 45.6 Å². The highest BCUT2D eigenvalue weighted by Gasteiger charge is 2.29. The molecule has 0 bridgehead atoms. The quantitative estimate of drug-likeness (QED) is 0.889. The topological polar surface area (TPSA) is 56.9 Å². The number of methoxy groups -OCH3 is 1. The predicted molar refractivity (Wildman–Crippen MR) is 71.8 cm³/mol. The average Bonchev–Trinajstić information content (AvgIpc) is 3.16. The molecular weight excluding hydrogens is 242 g/mol. The Kier molecular flexibility index (Phi) is 3.35. The van der Waals surface area contributed by atoms with Crippen molar-refractivity contribution in [3.8, 4) is 11.3 Å². The summed E-state index contributed by atoms with van der Waals surface area (Å²) in [6.07, 6.45) is 7.90. The molecule has 0 aliphatic carbocycles. The second-order valence-corrected chi connectivity index (χ2v) is 4.77. The number of imidazole rings is 1. The van der Waals surface area contributed by atoms with Crippen molar-refractivity contribution in [2.75, 3.05) is 20.2 Å². The molecule has 0 amide bonds. The Bertz CT molecular complexity index is 547. The normalized spacial score (nSPS) is 23.1. The fourth-order valence-electron chi connectivity index (χ4n) is 2.62. The Labute approximate surface area is 112 Å². The first-order valence-corrected chi connectivity index (χ1v) is 6.61. The van der Waals surface area contributed by atoms with Crippen LogP contribution in [0.25, 0.3) is 11.3 Å². The number of nitrogens with one attached hydrogen (secondary N) is 1. The maximum atomic E-state index is 5.53. The molecule has 1 aliphatic rings. The second kappa shape index (κ2) is 5.14. The van der Waals surface area contributed by atoms with Gasteiger partial charge in [-0.3, -0.25) is 4.68 Å². The van der Waals surface area contributed by atoms with Gasteiger partial charge in [-0.1, -0.05) is 0 Å². The molecule has 1 N–H and O–H groups in total. The van der Waals surface area contributed by atoms with Gasteiger partial charge in [-0.2, -0.15) is 5.10 Å². The largest absolute Gasteiger partial charge is 0.378 e. The lowest BCUT2D eigenvalue weighted by Gasteiger charge is -2.20. The molecule has 2 atom stereocenters. The molecule has 1 fully saturated rings. The Hall–Kier alpha value is -1.66. The van der Waals surface area contributed by atoms with Gasteiger partial charge < -0.3 is 14.6 Å². The lowest BCUT2D eigenvalue weighted by Crippen LogP contribution is -2.24. The third kappa shape index (κ3) is 2.17. The molecule has 3 rings (SSSR count). The van der Waals surface area contributed by atoms with Gasteiger partial charge in [0.15, 0.2) is 0 Å². The van der Waals surface area contributed by atoms with Crippen LogP contribution in [0, 0.1) is 0 Å². The molecule has 2 aromatic heterocycles. The van der Waals surface area contributed by atoms with Crippen molar-refractivity contribution in [1.82, 2.24) is 24.6 Å². The number of rotatable bonds is 4. The number of nitrogens with zero attached hydrogens (tertiary/aromatic N) is 4. The van der Waals surface area contributed by atoms with E-state index in [-0.39, 0.29) is 12.1 Å². The van der Waals surface area contributed by atoms with Crippen molar-refractivity contribution >= 4 is 0 Å². The van der Waals surface area contributed by atoms with Crippen molar-refractivity contribution < 1.29 is 4.74 Å². The van der Waals surface area contributed by atoms with Crippen molar-refractivity contribution in [1.29, 1.82) is 0 Å². The van der Waals surface area contributed by atoms with Gasteiger partial charge in [0.05, 0.1) is 36.6 Å². The summed E-state index contributed by atoms with van der Waals surface area (Å²) >= 11 is 0. The first-order valence-electron chi connectivity index (χ1n) is 6.61. The predicted octanol–water partition coefficient (Wildman–Crippen LogP) is 0.926. The smallest absolute Gasteiger partial charge is 0.0954 e. The summed E-state index contributed by atoms with van der Waals surface area (Å²) in [4.78, 5) is 4.29. The Morgan fingerprint density at radius 1 is 1.42 bits per heavy atom. The van der Waals surface area contributed by atoms with Crippen molar-refractivity contribution in [2.45, 2.75) is 25.6 Å². The minimum atomic E-state index is 0.189. The lowest BCUT2D eigenvalue weighted by molar-refractivity contribution is 0.0870. The Morgan fingerprint density at radius 3 is 3.05 bits per heavy atom. The zero-order valence-electron chi connectivity index (χ0n) is 11.3. The molecule has 1 saturated heterocycles. The van der Waals surface area contributed by atoms with Crippen LogP contribution in [0.3, 0.4) is 0 Å². The summed E-state index contributed by atoms with van der Waals surface area (Å²) < 4.78 is 9.64. The molecule has 102 valence electrons. The highest BCUT2D eigenvalue weighted by molar-refractivity contribution is 5.56. The Morgan fingerprint density at radius 2 is 2.32 bits per heavy atom. The third-order valence-corrected chi connectivity index (χ3v) is 3.71. The fourth-order valence-corrected chi connectivity index (χ4v) is 2.62. The van der Waals surface area contributed by atoms with Crippen LogP contribution < -0.4 is 5.32 Å². The van der Waals surface area contributed by atoms with E-state index in [9.17, 15) is 0 Å². The summed E-state index contributed by atoms with van der Waals surface area (Å²) in [5.74, 6) is 0. The average molecular weight is 261 g/mol. The van der Waals surface area contributed by atoms with E-state index in [0.717, 1.165) is 30.9 Å². The number of hydrogen-bond acceptors (Lipinski definition) is 4. The van der Waals surface area contributed by atoms with Gasteiger partial charge in [0, 0.05) is 38.5 Å². The molecular formula is C13H19N5O. The summed E-state index contributed by atoms with van der Waals surface area (Å²) in [5, 5.41) is 7.69. The van der Waals surface area contributed by atoms with E-state index in [1.54, 1.807) is 7.11 Å². The van der Waals surface area contributed by atoms with E-state index < -0.39 is 0 Å². The molecule has 0 spiro atoms. The van der Waals surface area contributed by atoms with Crippen LogP contribution >= 0.6 is 0 Å². The van der Waals surface area contributed by atoms with Crippen molar-refractivity contribution in [3.63, 3.8) is 0 Å². The maximum Gasteiger partial charge on any atom is 0.0954 e. The molecule has 0 aromatic carbocycles. The molecule has 6 heteroatoms. The van der Waals surface area contributed by atoms with Crippen LogP contribution in [0.4, 0.5) is 0 Å². The van der Waals surface area contributed by atoms with Crippen LogP contribution in [-0.2, 0) is 11.3 Å². The number of ether oxygens (including phenoxy) is 1. The van der Waals surface area contributed by atoms with Crippen LogP contribution in [0.2, 0.25) is 0 Å². The van der Waals surface area contributed by atoms with Gasteiger partial charge in [-0.15, -0.1) is 0 Å². The molecule has 0 radical (unpaired) electrons. The third-order valence-electron chi connectivity index (χ3n) is 3.71. The lowest BCUT2D eigenvalue weighted by atomic mass is 10.2. The van der Waals surface area contributed by atoms with Gasteiger partial charge >= 0.3 is 0 Å². The van der Waals surface area contributed by atoms with Crippen LogP contribution in [0.5, 0.6) is 0 Å². The van der Waals surface area contributed by atoms with E-state index in [1.165, 1.54) is 0 Å². The van der Waals surface area contributed by atoms with E-state index in [1.807, 2.05) is 23.4 Å². The highest BCUT2D eigenvalue weighted by atomic mass is 16.5. The van der Waals surface area contributed by atoms with E-state index in [2.05, 4.69) is 33.1 Å². The van der Waals surface area contributed by atoms with E-state index in [4.69, 9.17) is 4.74 Å². The van der Waals surface area contributed by atoms with Gasteiger partial charge in [0.25, 0.3) is 0 Å². The monoisotopic (exact) mass is 261 g/mol. The molecule has 1 unspecified atom stereocenters. The van der Waals surface area contributed by atoms with Gasteiger partial charge in [-0.25, -0.2) is 4.98 Å². The molecule has 3 heterocycles. The zero-order valence-corrected chi connectivity index (χ0v) is 11.3. The van der Waals surface area contributed by atoms with E-state index >= 15 is 0 Å². The highest BCUT2D eigenvalue weighted by Crippen LogP contribution is 2.26. The zero-order chi connectivity index (χ0) is 13.2. The number of aromatic nitrogens is 4. The molecule has 2 aromatic rings. The Balaban J connectivity index is 1.93. The number of aryl methyl sites for hydroxylation is 1. The first-order chi connectivity index (χ1) is 9.33. The molecule has 1 aliphatic heterocycles. The minimum Gasteiger partial charge on any atom is -0.378 e. The van der Waals surface area contributed by atoms with Gasteiger partial charge in [-0.05, 0) is 6.92 Å². The summed E-state index contributed by atoms with van der Waals surface area (Å²) in [6, 6.07) is 0.285. The SMILES string of the molecule is CCn1cc(-c2cncn2C2CNC[C@@H]2OC)cn1. The number of hydrogen-bond donors (Lipinski definition) is 1. The molecule has 6 nitrogen and oxygen atoms in total. The van der Waals surface area contributed by atoms with Crippen LogP contribution in [0.1, 0.15) is 13.0 Å². The van der Waals surface area contributed by atoms with Crippen LogP contribution in [0.15, 0.2) is 24.9 Å². The second-order valence-electron chi connectivity index (χ2n) is 4.77. The van der Waals surface area contributed by atoms with Crippen molar-refractivity contribution in [3.05, 3.63) is 24.9 Å². The van der Waals surface area contributed by atoms with E-state index in [0.29, 0.717) is 0 Å². The summed E-state index contributed by atoms with van der Waals surface area (Å²) in [6.45, 7) is 4.74. The molecule has 19 heavy (non-hydrogen) atoms. The van der Waals surface area contributed by atoms with Gasteiger partial charge in [0.2, 0.25) is 0 Å². The standard InChI is InChI=1S/C13H19N5O/c1-3-17-8-10(4-16-17)11-5-15-9-18(11)12-6-14-7-13(12)19-2/h4-5,8-9,12-14H,3,6-7H2,1-2H3/t12?,13-/m0/s1. The first kappa shape index (κ1) is 12.4. The summed E-state index contributed by atoms with van der Waals surface area (Å²) in [5.41, 5.74) is 2.19. The van der Waals surface area contributed by atoms with Crippen molar-refractivity contribution in [2.24, 2.45) is 0 Å². The minimum absolute atomic E-state index is 0.189. The summed E-state index contributed by atoms with van der Waals surface area (Å²) in [7, 11) is 1.76.